The van der Waals surface area contributed by atoms with E-state index in [2.05, 4.69) is 12.1 Å². The molecule has 1 fully saturated rings. The highest BCUT2D eigenvalue weighted by Crippen LogP contribution is 2.46. The van der Waals surface area contributed by atoms with Crippen molar-refractivity contribution < 1.29 is 14.3 Å². The van der Waals surface area contributed by atoms with Crippen LogP contribution in [0.15, 0.2) is 24.3 Å². The minimum absolute atomic E-state index is 0.00491. The van der Waals surface area contributed by atoms with Crippen LogP contribution in [0.5, 0.6) is 0 Å². The molecular weight excluding hydrogens is 254 g/mol. The maximum absolute atomic E-state index is 12.1. The fourth-order valence-electron chi connectivity index (χ4n) is 3.73. The Hall–Kier alpha value is -1.84. The van der Waals surface area contributed by atoms with Crippen LogP contribution in [-0.2, 0) is 20.7 Å². The highest BCUT2D eigenvalue weighted by Gasteiger charge is 2.45. The van der Waals surface area contributed by atoms with Gasteiger partial charge < -0.3 is 9.64 Å². The lowest BCUT2D eigenvalue weighted by molar-refractivity contribution is -0.153. The van der Waals surface area contributed by atoms with E-state index in [1.54, 1.807) is 0 Å². The van der Waals surface area contributed by atoms with Crippen LogP contribution in [0.1, 0.15) is 30.0 Å². The predicted octanol–water partition coefficient (Wildman–Crippen LogP) is 1.94. The third kappa shape index (κ3) is 1.90. The summed E-state index contributed by atoms with van der Waals surface area (Å²) in [5.74, 6) is 0.0271. The molecule has 0 radical (unpaired) electrons. The second-order valence-electron chi connectivity index (χ2n) is 5.68. The molecule has 1 aromatic carbocycles. The van der Waals surface area contributed by atoms with E-state index in [1.165, 1.54) is 12.7 Å². The summed E-state index contributed by atoms with van der Waals surface area (Å²) in [6.07, 6.45) is 2.00. The van der Waals surface area contributed by atoms with Gasteiger partial charge in [0.15, 0.2) is 0 Å². The molecule has 2 aliphatic rings. The Kier molecular flexibility index (Phi) is 3.24. The number of likely N-dealkylation sites (tertiary alicyclic amines) is 1. The monoisotopic (exact) mass is 273 g/mol. The summed E-state index contributed by atoms with van der Waals surface area (Å²) in [6, 6.07) is 8.12. The maximum Gasteiger partial charge on any atom is 0.309 e. The molecule has 1 aliphatic carbocycles. The standard InChI is InChI=1S/C16H19NO3/c1-17-14(18)8-7-12-13(16(19)20-2)9-10-5-3-4-6-11(10)15(12)17/h3-6,12-13,15H,7-9H2,1-2H3/t12-,13+,15+/m0/s1. The third-order valence-electron chi connectivity index (χ3n) is 4.74. The van der Waals surface area contributed by atoms with Crippen LogP contribution in [0, 0.1) is 11.8 Å². The normalized spacial score (nSPS) is 28.6. The fourth-order valence-corrected chi connectivity index (χ4v) is 3.73. The summed E-state index contributed by atoms with van der Waals surface area (Å²) >= 11 is 0. The predicted molar refractivity (Wildman–Crippen MR) is 73.9 cm³/mol. The summed E-state index contributed by atoms with van der Waals surface area (Å²) < 4.78 is 4.97. The first-order valence-electron chi connectivity index (χ1n) is 7.04. The molecule has 0 N–H and O–H groups in total. The zero-order valence-corrected chi connectivity index (χ0v) is 11.8. The van der Waals surface area contributed by atoms with Gasteiger partial charge in [0.2, 0.25) is 5.91 Å². The molecular formula is C16H19NO3. The van der Waals surface area contributed by atoms with Gasteiger partial charge in [-0.3, -0.25) is 9.59 Å². The molecule has 1 amide bonds. The number of benzene rings is 1. The molecule has 1 aromatic rings. The van der Waals surface area contributed by atoms with E-state index in [-0.39, 0.29) is 29.8 Å². The average Bonchev–Trinajstić information content (AvgIpc) is 2.48. The number of piperidine rings is 1. The van der Waals surface area contributed by atoms with E-state index >= 15 is 0 Å². The van der Waals surface area contributed by atoms with Gasteiger partial charge in [-0.05, 0) is 29.9 Å². The van der Waals surface area contributed by atoms with Gasteiger partial charge in [0.05, 0.1) is 19.1 Å². The third-order valence-corrected chi connectivity index (χ3v) is 4.74. The van der Waals surface area contributed by atoms with Crippen LogP contribution in [0.3, 0.4) is 0 Å². The van der Waals surface area contributed by atoms with E-state index in [0.29, 0.717) is 12.8 Å². The van der Waals surface area contributed by atoms with E-state index in [4.69, 9.17) is 4.74 Å². The van der Waals surface area contributed by atoms with Crippen molar-refractivity contribution in [3.63, 3.8) is 0 Å². The lowest BCUT2D eigenvalue weighted by Crippen LogP contribution is -2.47. The number of hydrogen-bond donors (Lipinski definition) is 0. The van der Waals surface area contributed by atoms with Gasteiger partial charge in [-0.15, -0.1) is 0 Å². The minimum Gasteiger partial charge on any atom is -0.469 e. The largest absolute Gasteiger partial charge is 0.469 e. The van der Waals surface area contributed by atoms with E-state index < -0.39 is 0 Å². The number of rotatable bonds is 1. The Labute approximate surface area is 118 Å². The molecule has 20 heavy (non-hydrogen) atoms. The molecule has 3 atom stereocenters. The molecule has 1 saturated heterocycles. The number of carbonyl (C=O) groups excluding carboxylic acids is 2. The zero-order chi connectivity index (χ0) is 14.3. The van der Waals surface area contributed by atoms with Crippen LogP contribution in [-0.4, -0.2) is 30.9 Å². The molecule has 106 valence electrons. The number of esters is 1. The Morgan fingerprint density at radius 3 is 2.85 bits per heavy atom. The molecule has 0 unspecified atom stereocenters. The van der Waals surface area contributed by atoms with Crippen molar-refractivity contribution in [2.75, 3.05) is 14.2 Å². The second kappa shape index (κ2) is 4.93. The number of ether oxygens (including phenoxy) is 1. The molecule has 0 aromatic heterocycles. The summed E-state index contributed by atoms with van der Waals surface area (Å²) in [6.45, 7) is 0. The van der Waals surface area contributed by atoms with Gasteiger partial charge in [-0.1, -0.05) is 24.3 Å². The van der Waals surface area contributed by atoms with Crippen LogP contribution >= 0.6 is 0 Å². The van der Waals surface area contributed by atoms with E-state index in [9.17, 15) is 9.59 Å². The first-order valence-corrected chi connectivity index (χ1v) is 7.04. The number of fused-ring (bicyclic) bond motifs is 3. The maximum atomic E-state index is 12.1. The van der Waals surface area contributed by atoms with E-state index in [1.807, 2.05) is 24.1 Å². The second-order valence-corrected chi connectivity index (χ2v) is 5.68. The average molecular weight is 273 g/mol. The van der Waals surface area contributed by atoms with Crippen molar-refractivity contribution in [2.24, 2.45) is 11.8 Å². The fraction of sp³-hybridized carbons (Fsp3) is 0.500. The van der Waals surface area contributed by atoms with Crippen LogP contribution in [0.25, 0.3) is 0 Å². The van der Waals surface area contributed by atoms with Gasteiger partial charge in [-0.2, -0.15) is 0 Å². The molecule has 4 heteroatoms. The van der Waals surface area contributed by atoms with Crippen molar-refractivity contribution in [1.29, 1.82) is 0 Å². The lowest BCUT2D eigenvalue weighted by atomic mass is 9.68. The van der Waals surface area contributed by atoms with Crippen LogP contribution in [0.4, 0.5) is 0 Å². The van der Waals surface area contributed by atoms with Crippen molar-refractivity contribution in [2.45, 2.75) is 25.3 Å². The number of nitrogens with zero attached hydrogens (tertiary/aromatic N) is 1. The van der Waals surface area contributed by atoms with Crippen molar-refractivity contribution in [3.8, 4) is 0 Å². The van der Waals surface area contributed by atoms with Crippen LogP contribution in [0.2, 0.25) is 0 Å². The molecule has 1 aliphatic heterocycles. The summed E-state index contributed by atoms with van der Waals surface area (Å²) in [7, 11) is 3.28. The SMILES string of the molecule is COC(=O)[C@@H]1Cc2ccccc2[C@@H]2[C@H]1CCC(=O)N2C. The first-order chi connectivity index (χ1) is 9.63. The molecule has 3 rings (SSSR count). The quantitative estimate of drug-likeness (QED) is 0.735. The lowest BCUT2D eigenvalue weighted by Gasteiger charge is -2.46. The van der Waals surface area contributed by atoms with Crippen molar-refractivity contribution >= 4 is 11.9 Å². The van der Waals surface area contributed by atoms with Gasteiger partial charge >= 0.3 is 5.97 Å². The minimum atomic E-state index is -0.155. The van der Waals surface area contributed by atoms with Gasteiger partial charge in [0.1, 0.15) is 0 Å². The number of carbonyl (C=O) groups is 2. The molecule has 4 nitrogen and oxygen atoms in total. The Bertz CT molecular complexity index is 554. The van der Waals surface area contributed by atoms with Gasteiger partial charge in [-0.25, -0.2) is 0 Å². The topological polar surface area (TPSA) is 46.6 Å². The summed E-state index contributed by atoms with van der Waals surface area (Å²) in [4.78, 5) is 25.9. The van der Waals surface area contributed by atoms with Gasteiger partial charge in [0, 0.05) is 13.5 Å². The number of amides is 1. The molecule has 0 saturated carbocycles. The van der Waals surface area contributed by atoms with Crippen molar-refractivity contribution in [3.05, 3.63) is 35.4 Å². The smallest absolute Gasteiger partial charge is 0.309 e. The van der Waals surface area contributed by atoms with E-state index in [0.717, 1.165) is 12.0 Å². The Balaban J connectivity index is 2.07. The highest BCUT2D eigenvalue weighted by molar-refractivity contribution is 5.79. The Morgan fingerprint density at radius 1 is 1.35 bits per heavy atom. The number of hydrogen-bond acceptors (Lipinski definition) is 3. The summed E-state index contributed by atoms with van der Waals surface area (Å²) in [5, 5.41) is 0. The molecule has 1 heterocycles. The zero-order valence-electron chi connectivity index (χ0n) is 11.8. The highest BCUT2D eigenvalue weighted by atomic mass is 16.5. The van der Waals surface area contributed by atoms with Crippen molar-refractivity contribution in [1.82, 2.24) is 4.90 Å². The Morgan fingerprint density at radius 2 is 2.10 bits per heavy atom. The molecule has 0 spiro atoms. The van der Waals surface area contributed by atoms with Gasteiger partial charge in [0.25, 0.3) is 0 Å². The summed E-state index contributed by atoms with van der Waals surface area (Å²) in [5.41, 5.74) is 2.35. The van der Waals surface area contributed by atoms with Crippen LogP contribution < -0.4 is 0 Å². The number of methoxy groups -OCH3 is 1. The molecule has 0 bridgehead atoms. The first kappa shape index (κ1) is 13.2.